The van der Waals surface area contributed by atoms with Gasteiger partial charge in [-0.3, -0.25) is 9.78 Å². The Kier molecular flexibility index (Phi) is 4.98. The van der Waals surface area contributed by atoms with Gasteiger partial charge in [-0.25, -0.2) is 4.98 Å². The van der Waals surface area contributed by atoms with E-state index in [1.54, 1.807) is 18.5 Å². The van der Waals surface area contributed by atoms with Gasteiger partial charge in [-0.05, 0) is 59.9 Å². The summed E-state index contributed by atoms with van der Waals surface area (Å²) in [5, 5.41) is 10.8. The lowest BCUT2D eigenvalue weighted by atomic mass is 9.78. The maximum atomic E-state index is 13.1. The highest BCUT2D eigenvalue weighted by Crippen LogP contribution is 2.38. The van der Waals surface area contributed by atoms with E-state index in [9.17, 15) is 4.79 Å². The molecule has 1 aliphatic heterocycles. The Morgan fingerprint density at radius 2 is 1.94 bits per heavy atom. The van der Waals surface area contributed by atoms with Crippen molar-refractivity contribution >= 4 is 39.7 Å². The van der Waals surface area contributed by atoms with E-state index < -0.39 is 0 Å². The van der Waals surface area contributed by atoms with Crippen LogP contribution in [0.5, 0.6) is 0 Å². The van der Waals surface area contributed by atoms with Gasteiger partial charge in [0.15, 0.2) is 0 Å². The van der Waals surface area contributed by atoms with Crippen LogP contribution in [0.25, 0.3) is 10.9 Å². The third-order valence-electron chi connectivity index (χ3n) is 6.00. The lowest BCUT2D eigenvalue weighted by Crippen LogP contribution is -2.28. The molecule has 3 N–H and O–H groups in total. The van der Waals surface area contributed by atoms with Crippen molar-refractivity contribution in [2.24, 2.45) is 0 Å². The van der Waals surface area contributed by atoms with E-state index >= 15 is 0 Å². The summed E-state index contributed by atoms with van der Waals surface area (Å²) in [6.45, 7) is 5.44. The molecule has 0 radical (unpaired) electrons. The molecule has 0 fully saturated rings. The number of aromatic nitrogens is 2. The zero-order chi connectivity index (χ0) is 22.1. The first-order chi connectivity index (χ1) is 15.5. The number of benzene rings is 2. The van der Waals surface area contributed by atoms with Crippen LogP contribution in [0.3, 0.4) is 0 Å². The lowest BCUT2D eigenvalue weighted by Gasteiger charge is -2.33. The Morgan fingerprint density at radius 3 is 2.84 bits per heavy atom. The van der Waals surface area contributed by atoms with Crippen LogP contribution in [-0.4, -0.2) is 22.4 Å². The van der Waals surface area contributed by atoms with E-state index in [-0.39, 0.29) is 11.3 Å². The molecule has 4 aromatic rings. The summed E-state index contributed by atoms with van der Waals surface area (Å²) < 4.78 is 0. The summed E-state index contributed by atoms with van der Waals surface area (Å²) in [7, 11) is 0. The van der Waals surface area contributed by atoms with E-state index in [0.717, 1.165) is 35.2 Å². The molecule has 2 aromatic heterocycles. The van der Waals surface area contributed by atoms with Crippen molar-refractivity contribution in [3.63, 3.8) is 0 Å². The van der Waals surface area contributed by atoms with Crippen LogP contribution in [0.15, 0.2) is 73.1 Å². The average Bonchev–Trinajstić information content (AvgIpc) is 2.79. The Balaban J connectivity index is 1.39. The van der Waals surface area contributed by atoms with Crippen LogP contribution in [0, 0.1) is 0 Å². The SMILES string of the molecule is CC1(C)CCNc2cc(NC(=O)c3ccccc3Nc3ccc4ccncc4n3)ccc21. The van der Waals surface area contributed by atoms with Crippen molar-refractivity contribution in [3.05, 3.63) is 84.2 Å². The maximum Gasteiger partial charge on any atom is 0.257 e. The molecule has 0 aliphatic carbocycles. The predicted molar refractivity (Wildman–Crippen MR) is 130 cm³/mol. The number of nitrogens with one attached hydrogen (secondary N) is 3. The fourth-order valence-electron chi connectivity index (χ4n) is 4.17. The number of rotatable bonds is 4. The first kappa shape index (κ1) is 20.0. The van der Waals surface area contributed by atoms with Crippen LogP contribution in [-0.2, 0) is 5.41 Å². The van der Waals surface area contributed by atoms with Gasteiger partial charge in [0.1, 0.15) is 5.82 Å². The summed E-state index contributed by atoms with van der Waals surface area (Å²) in [4.78, 5) is 21.9. The van der Waals surface area contributed by atoms with Crippen LogP contribution in [0.4, 0.5) is 22.9 Å². The number of hydrogen-bond donors (Lipinski definition) is 3. The quantitative estimate of drug-likeness (QED) is 0.391. The molecule has 0 bridgehead atoms. The zero-order valence-electron chi connectivity index (χ0n) is 18.1. The van der Waals surface area contributed by atoms with Crippen LogP contribution >= 0.6 is 0 Å². The van der Waals surface area contributed by atoms with Gasteiger partial charge in [-0.1, -0.05) is 32.0 Å². The van der Waals surface area contributed by atoms with Crippen LogP contribution in [0.2, 0.25) is 0 Å². The third kappa shape index (κ3) is 3.87. The lowest BCUT2D eigenvalue weighted by molar-refractivity contribution is 0.102. The molecular weight excluding hydrogens is 398 g/mol. The second-order valence-electron chi connectivity index (χ2n) is 8.71. The summed E-state index contributed by atoms with van der Waals surface area (Å²) in [6.07, 6.45) is 4.56. The van der Waals surface area contributed by atoms with Gasteiger partial charge < -0.3 is 16.0 Å². The summed E-state index contributed by atoms with van der Waals surface area (Å²) in [6, 6.07) is 19.3. The largest absolute Gasteiger partial charge is 0.385 e. The van der Waals surface area contributed by atoms with E-state index in [4.69, 9.17) is 0 Å². The molecule has 32 heavy (non-hydrogen) atoms. The number of pyridine rings is 2. The second kappa shape index (κ2) is 7.96. The number of fused-ring (bicyclic) bond motifs is 2. The number of amides is 1. The molecule has 6 nitrogen and oxygen atoms in total. The minimum atomic E-state index is -0.175. The molecule has 1 aliphatic rings. The monoisotopic (exact) mass is 423 g/mol. The van der Waals surface area contributed by atoms with Crippen molar-refractivity contribution in [2.75, 3.05) is 22.5 Å². The van der Waals surface area contributed by atoms with Crippen molar-refractivity contribution in [3.8, 4) is 0 Å². The van der Waals surface area contributed by atoms with Gasteiger partial charge >= 0.3 is 0 Å². The van der Waals surface area contributed by atoms with Gasteiger partial charge in [0, 0.05) is 29.5 Å². The molecular formula is C26H25N5O. The van der Waals surface area contributed by atoms with Crippen LogP contribution in [0.1, 0.15) is 36.2 Å². The Morgan fingerprint density at radius 1 is 1.06 bits per heavy atom. The Labute approximate surface area is 187 Å². The number of nitrogens with zero attached hydrogens (tertiary/aromatic N) is 2. The Bertz CT molecular complexity index is 1310. The number of carbonyl (C=O) groups excluding carboxylic acids is 1. The fraction of sp³-hybridized carbons (Fsp3) is 0.192. The maximum absolute atomic E-state index is 13.1. The van der Waals surface area contributed by atoms with E-state index in [1.165, 1.54) is 5.56 Å². The predicted octanol–water partition coefficient (Wildman–Crippen LogP) is 5.72. The highest BCUT2D eigenvalue weighted by molar-refractivity contribution is 6.08. The third-order valence-corrected chi connectivity index (χ3v) is 6.00. The van der Waals surface area contributed by atoms with Crippen LogP contribution < -0.4 is 16.0 Å². The minimum absolute atomic E-state index is 0.127. The summed E-state index contributed by atoms with van der Waals surface area (Å²) >= 11 is 0. The zero-order valence-corrected chi connectivity index (χ0v) is 18.1. The number of hydrogen-bond acceptors (Lipinski definition) is 5. The summed E-state index contributed by atoms with van der Waals surface area (Å²) in [5.74, 6) is 0.483. The molecule has 6 heteroatoms. The van der Waals surface area contributed by atoms with Crippen molar-refractivity contribution in [2.45, 2.75) is 25.7 Å². The fourth-order valence-corrected chi connectivity index (χ4v) is 4.17. The molecule has 1 amide bonds. The van der Waals surface area contributed by atoms with E-state index in [1.807, 2.05) is 48.5 Å². The normalized spacial score (nSPS) is 14.3. The van der Waals surface area contributed by atoms with Crippen molar-refractivity contribution in [1.82, 2.24) is 9.97 Å². The first-order valence-electron chi connectivity index (χ1n) is 10.8. The number of para-hydroxylation sites is 1. The molecule has 2 aromatic carbocycles. The smallest absolute Gasteiger partial charge is 0.257 e. The molecule has 3 heterocycles. The topological polar surface area (TPSA) is 78.9 Å². The first-order valence-corrected chi connectivity index (χ1v) is 10.8. The van der Waals surface area contributed by atoms with Gasteiger partial charge in [0.05, 0.1) is 23.0 Å². The summed E-state index contributed by atoms with van der Waals surface area (Å²) in [5.41, 5.74) is 5.29. The van der Waals surface area contributed by atoms with Crippen molar-refractivity contribution in [1.29, 1.82) is 0 Å². The van der Waals surface area contributed by atoms with E-state index in [0.29, 0.717) is 17.1 Å². The minimum Gasteiger partial charge on any atom is -0.385 e. The number of carbonyl (C=O) groups is 1. The van der Waals surface area contributed by atoms with Gasteiger partial charge in [0.25, 0.3) is 5.91 Å². The molecule has 0 unspecified atom stereocenters. The highest BCUT2D eigenvalue weighted by Gasteiger charge is 2.27. The highest BCUT2D eigenvalue weighted by atomic mass is 16.1. The van der Waals surface area contributed by atoms with Gasteiger partial charge in [-0.2, -0.15) is 0 Å². The van der Waals surface area contributed by atoms with Gasteiger partial charge in [-0.15, -0.1) is 0 Å². The molecule has 0 atom stereocenters. The Hall–Kier alpha value is -3.93. The molecule has 0 saturated heterocycles. The molecule has 5 rings (SSSR count). The molecule has 160 valence electrons. The average molecular weight is 424 g/mol. The molecule has 0 saturated carbocycles. The molecule has 0 spiro atoms. The second-order valence-corrected chi connectivity index (χ2v) is 8.71. The van der Waals surface area contributed by atoms with Gasteiger partial charge in [0.2, 0.25) is 0 Å². The van der Waals surface area contributed by atoms with Crippen molar-refractivity contribution < 1.29 is 4.79 Å². The standard InChI is InChI=1S/C26H25N5O/c1-26(2)12-14-28-22-15-18(8-9-20(22)26)29-25(32)19-5-3-4-6-21(19)30-24-10-7-17-11-13-27-16-23(17)31-24/h3-11,13,15-16,28H,12,14H2,1-2H3,(H,29,32)(H,30,31). The number of anilines is 4. The van der Waals surface area contributed by atoms with E-state index in [2.05, 4.69) is 45.8 Å².